The lowest BCUT2D eigenvalue weighted by molar-refractivity contribution is 0.231. The van der Waals surface area contributed by atoms with Gasteiger partial charge in [-0.25, -0.2) is 0 Å². The lowest BCUT2D eigenvalue weighted by atomic mass is 10.0. The number of methoxy groups -OCH3 is 1. The normalized spacial score (nSPS) is 16.6. The average Bonchev–Trinajstić information content (AvgIpc) is 2.67. The van der Waals surface area contributed by atoms with E-state index in [1.54, 1.807) is 13.4 Å². The minimum Gasteiger partial charge on any atom is -0.497 e. The summed E-state index contributed by atoms with van der Waals surface area (Å²) in [5.74, 6) is 2.01. The molecular weight excluding hydrogens is 314 g/mol. The number of nitrogens with zero attached hydrogens (tertiary/aromatic N) is 1. The molecule has 126 valence electrons. The van der Waals surface area contributed by atoms with Crippen molar-refractivity contribution in [2.24, 2.45) is 0 Å². The Morgan fingerprint density at radius 2 is 2.12 bits per heavy atom. The van der Waals surface area contributed by atoms with Crippen LogP contribution in [0.5, 0.6) is 5.75 Å². The molecule has 2 aliphatic rings. The third-order valence-electron chi connectivity index (χ3n) is 3.99. The van der Waals surface area contributed by atoms with Gasteiger partial charge in [-0.1, -0.05) is 35.9 Å². The van der Waals surface area contributed by atoms with Crippen LogP contribution >= 0.6 is 0 Å². The Hall–Kier alpha value is -3.19. The first kappa shape index (κ1) is 16.7. The number of rotatable bonds is 5. The molecule has 4 heteroatoms. The van der Waals surface area contributed by atoms with Gasteiger partial charge in [0.05, 0.1) is 13.2 Å². The van der Waals surface area contributed by atoms with Crippen molar-refractivity contribution < 1.29 is 14.2 Å². The first-order chi connectivity index (χ1) is 12.3. The maximum absolute atomic E-state index is 9.15. The van der Waals surface area contributed by atoms with Crippen LogP contribution in [0, 0.1) is 11.3 Å². The Morgan fingerprint density at radius 1 is 1.28 bits per heavy atom. The molecule has 25 heavy (non-hydrogen) atoms. The van der Waals surface area contributed by atoms with Gasteiger partial charge in [0.1, 0.15) is 24.0 Å². The molecule has 0 aromatic heterocycles. The topological polar surface area (TPSA) is 51.5 Å². The van der Waals surface area contributed by atoms with E-state index in [2.05, 4.69) is 24.3 Å². The van der Waals surface area contributed by atoms with Crippen molar-refractivity contribution in [1.29, 1.82) is 5.26 Å². The number of nitriles is 1. The molecule has 1 aliphatic heterocycles. The van der Waals surface area contributed by atoms with E-state index >= 15 is 0 Å². The molecule has 1 aromatic carbocycles. The Kier molecular flexibility index (Phi) is 5.38. The van der Waals surface area contributed by atoms with Gasteiger partial charge in [0.15, 0.2) is 5.76 Å². The van der Waals surface area contributed by atoms with Crippen LogP contribution in [-0.4, -0.2) is 7.11 Å². The molecule has 0 radical (unpaired) electrons. The smallest absolute Gasteiger partial charge is 0.170 e. The Morgan fingerprint density at radius 3 is 2.80 bits per heavy atom. The van der Waals surface area contributed by atoms with E-state index < -0.39 is 0 Å². The highest BCUT2D eigenvalue weighted by atomic mass is 16.5. The van der Waals surface area contributed by atoms with Crippen molar-refractivity contribution in [1.82, 2.24) is 0 Å². The summed E-state index contributed by atoms with van der Waals surface area (Å²) in [5.41, 5.74) is 2.83. The monoisotopic (exact) mass is 333 g/mol. The van der Waals surface area contributed by atoms with Gasteiger partial charge in [0.25, 0.3) is 0 Å². The Bertz CT molecular complexity index is 818. The predicted octanol–water partition coefficient (Wildman–Crippen LogP) is 5.00. The van der Waals surface area contributed by atoms with Crippen LogP contribution in [0.1, 0.15) is 24.8 Å². The SMILES string of the molecule is COc1ccc(C(=CC#N)C2=COC=C(CC3=CC=CCC3)O2)cc1. The fourth-order valence-corrected chi connectivity index (χ4v) is 2.71. The number of ether oxygens (including phenoxy) is 3. The first-order valence-corrected chi connectivity index (χ1v) is 8.12. The standard InChI is InChI=1S/C21H19NO3/c1-23-18-9-7-17(8-10-18)20(11-12-22)21-15-24-14-19(25-21)13-16-5-3-2-4-6-16/h2-3,5,7-11,14-15H,4,6,13H2,1H3. The van der Waals surface area contributed by atoms with Crippen LogP contribution in [0.25, 0.3) is 5.57 Å². The second-order valence-corrected chi connectivity index (χ2v) is 5.69. The van der Waals surface area contributed by atoms with E-state index in [-0.39, 0.29) is 0 Å². The van der Waals surface area contributed by atoms with E-state index in [9.17, 15) is 0 Å². The highest BCUT2D eigenvalue weighted by molar-refractivity contribution is 5.79. The van der Waals surface area contributed by atoms with Gasteiger partial charge in [0, 0.05) is 18.1 Å². The van der Waals surface area contributed by atoms with E-state index in [0.717, 1.165) is 29.9 Å². The van der Waals surface area contributed by atoms with Crippen LogP contribution < -0.4 is 4.74 Å². The van der Waals surface area contributed by atoms with Crippen molar-refractivity contribution in [3.63, 3.8) is 0 Å². The van der Waals surface area contributed by atoms with Crippen LogP contribution in [0.4, 0.5) is 0 Å². The molecule has 0 unspecified atom stereocenters. The van der Waals surface area contributed by atoms with Crippen molar-refractivity contribution >= 4 is 5.57 Å². The van der Waals surface area contributed by atoms with Gasteiger partial charge < -0.3 is 14.2 Å². The Labute approximate surface area is 147 Å². The molecule has 0 fully saturated rings. The van der Waals surface area contributed by atoms with Gasteiger partial charge >= 0.3 is 0 Å². The molecule has 0 saturated heterocycles. The molecule has 0 atom stereocenters. The van der Waals surface area contributed by atoms with E-state index in [4.69, 9.17) is 19.5 Å². The number of allylic oxidation sites excluding steroid dienone is 6. The van der Waals surface area contributed by atoms with Gasteiger partial charge in [-0.3, -0.25) is 0 Å². The zero-order valence-electron chi connectivity index (χ0n) is 14.1. The summed E-state index contributed by atoms with van der Waals surface area (Å²) >= 11 is 0. The molecule has 1 aliphatic carbocycles. The molecule has 0 saturated carbocycles. The third-order valence-corrected chi connectivity index (χ3v) is 3.99. The minimum atomic E-state index is 0.524. The minimum absolute atomic E-state index is 0.524. The molecule has 0 amide bonds. The zero-order chi connectivity index (χ0) is 17.5. The third kappa shape index (κ3) is 4.21. The second-order valence-electron chi connectivity index (χ2n) is 5.69. The number of hydrogen-bond acceptors (Lipinski definition) is 4. The lowest BCUT2D eigenvalue weighted by Crippen LogP contribution is -2.04. The largest absolute Gasteiger partial charge is 0.497 e. The summed E-state index contributed by atoms with van der Waals surface area (Å²) in [6, 6.07) is 9.55. The molecule has 1 heterocycles. The summed E-state index contributed by atoms with van der Waals surface area (Å²) < 4.78 is 16.6. The molecular formula is C21H19NO3. The maximum Gasteiger partial charge on any atom is 0.170 e. The van der Waals surface area contributed by atoms with Crippen molar-refractivity contribution in [2.75, 3.05) is 7.11 Å². The summed E-state index contributed by atoms with van der Waals surface area (Å²) in [7, 11) is 1.62. The van der Waals surface area contributed by atoms with Crippen molar-refractivity contribution in [2.45, 2.75) is 19.3 Å². The highest BCUT2D eigenvalue weighted by Gasteiger charge is 2.17. The average molecular weight is 333 g/mol. The van der Waals surface area contributed by atoms with Gasteiger partial charge in [0.2, 0.25) is 0 Å². The highest BCUT2D eigenvalue weighted by Crippen LogP contribution is 2.32. The van der Waals surface area contributed by atoms with E-state index in [1.807, 2.05) is 24.3 Å². The fraction of sp³-hybridized carbons (Fsp3) is 0.190. The van der Waals surface area contributed by atoms with Gasteiger partial charge in [-0.15, -0.1) is 0 Å². The molecule has 0 spiro atoms. The first-order valence-electron chi connectivity index (χ1n) is 8.12. The van der Waals surface area contributed by atoms with Gasteiger partial charge in [-0.2, -0.15) is 5.26 Å². The summed E-state index contributed by atoms with van der Waals surface area (Å²) in [6.07, 6.45) is 13.7. The van der Waals surface area contributed by atoms with Crippen molar-refractivity contribution in [3.05, 3.63) is 83.7 Å². The number of hydrogen-bond donors (Lipinski definition) is 0. The van der Waals surface area contributed by atoms with Crippen LogP contribution in [0.3, 0.4) is 0 Å². The molecule has 0 N–H and O–H groups in total. The number of benzene rings is 1. The summed E-state index contributed by atoms with van der Waals surface area (Å²) in [6.45, 7) is 0. The maximum atomic E-state index is 9.15. The zero-order valence-corrected chi connectivity index (χ0v) is 14.1. The van der Waals surface area contributed by atoms with Crippen LogP contribution in [0.2, 0.25) is 0 Å². The second kappa shape index (κ2) is 8.07. The fourth-order valence-electron chi connectivity index (χ4n) is 2.71. The molecule has 0 bridgehead atoms. The molecule has 3 rings (SSSR count). The van der Waals surface area contributed by atoms with E-state index in [1.165, 1.54) is 17.9 Å². The summed E-state index contributed by atoms with van der Waals surface area (Å²) in [4.78, 5) is 0. The van der Waals surface area contributed by atoms with Crippen LogP contribution in [0.15, 0.2) is 78.2 Å². The van der Waals surface area contributed by atoms with Crippen LogP contribution in [-0.2, 0) is 9.47 Å². The Balaban J connectivity index is 1.77. The summed E-state index contributed by atoms with van der Waals surface area (Å²) in [5, 5.41) is 9.15. The lowest BCUT2D eigenvalue weighted by Gasteiger charge is -2.20. The van der Waals surface area contributed by atoms with Gasteiger partial charge in [-0.05, 0) is 30.5 Å². The molecule has 1 aromatic rings. The van der Waals surface area contributed by atoms with E-state index in [0.29, 0.717) is 17.8 Å². The predicted molar refractivity (Wildman–Crippen MR) is 96.0 cm³/mol. The quantitative estimate of drug-likeness (QED) is 0.712. The molecule has 4 nitrogen and oxygen atoms in total. The van der Waals surface area contributed by atoms with Crippen molar-refractivity contribution in [3.8, 4) is 11.8 Å².